The number of fused-ring (bicyclic) bond motifs is 10. The quantitative estimate of drug-likeness (QED) is 0.153. The summed E-state index contributed by atoms with van der Waals surface area (Å²) >= 11 is 0. The fraction of sp³-hybridized carbons (Fsp3) is 0.415. The van der Waals surface area contributed by atoms with Crippen molar-refractivity contribution in [1.29, 1.82) is 0 Å². The van der Waals surface area contributed by atoms with Gasteiger partial charge in [0.1, 0.15) is 23.6 Å². The monoisotopic (exact) mass is 854 g/mol. The van der Waals surface area contributed by atoms with Crippen molar-refractivity contribution in [3.8, 4) is 11.5 Å². The predicted molar refractivity (Wildman–Crippen MR) is 181 cm³/mol. The smallest absolute Gasteiger partial charge is 0.141 e. The summed E-state index contributed by atoms with van der Waals surface area (Å²) < 4.78 is 14.8. The lowest BCUT2D eigenvalue weighted by Gasteiger charge is -2.49. The normalized spacial score (nSPS) is 24.8. The van der Waals surface area contributed by atoms with E-state index in [0.29, 0.717) is 12.1 Å². The molecule has 0 saturated heterocycles. The highest BCUT2D eigenvalue weighted by Gasteiger charge is 2.45. The van der Waals surface area contributed by atoms with Crippen molar-refractivity contribution in [1.82, 2.24) is 0 Å². The average molecular weight is 855 g/mol. The van der Waals surface area contributed by atoms with Crippen molar-refractivity contribution < 1.29 is 66.4 Å². The lowest BCUT2D eigenvalue weighted by atomic mass is 9.81. The first-order valence-electron chi connectivity index (χ1n) is 17.4. The molecule has 4 aliphatic rings. The Bertz CT molecular complexity index is 1600. The van der Waals surface area contributed by atoms with Gasteiger partial charge >= 0.3 is 0 Å². The standard InChI is InChI=1S/C41H48N2O2.2HI/c1-42-22-18-30-10-4-6-12-36(30)40(42)38-16-14-34(28-32(38)20-24-42)44-26-8-3-9-27-45-35-15-17-39-33(29-35)21-25-43(2)23-19-31-11-5-7-13-37(31)41(39)43;;/h4-7,10-17,28-29,40-41H,3,8-9,18-27H2,1-2H3;2*1H/q+2;;/p-2. The first-order chi connectivity index (χ1) is 22.0. The molecule has 4 atom stereocenters. The van der Waals surface area contributed by atoms with Crippen molar-refractivity contribution in [2.75, 3.05) is 53.5 Å². The zero-order valence-corrected chi connectivity index (χ0v) is 32.2. The number of likely N-dealkylation sites (N-methyl/N-ethyl adjacent to an activating group) is 2. The van der Waals surface area contributed by atoms with E-state index >= 15 is 0 Å². The molecule has 47 heavy (non-hydrogen) atoms. The van der Waals surface area contributed by atoms with E-state index in [2.05, 4.69) is 99.0 Å². The molecule has 4 unspecified atom stereocenters. The first kappa shape index (κ1) is 34.7. The Hall–Kier alpha value is -2.14. The molecule has 4 nitrogen and oxygen atoms in total. The number of quaternary nitrogens is 2. The number of ether oxygens (including phenoxy) is 2. The molecule has 248 valence electrons. The molecule has 0 amide bonds. The highest BCUT2D eigenvalue weighted by molar-refractivity contribution is 5.46. The summed E-state index contributed by atoms with van der Waals surface area (Å²) in [5.41, 5.74) is 12.0. The average Bonchev–Trinajstić information content (AvgIpc) is 3.07. The van der Waals surface area contributed by atoms with E-state index in [1.54, 1.807) is 0 Å². The van der Waals surface area contributed by atoms with E-state index in [1.165, 1.54) is 83.5 Å². The Morgan fingerprint density at radius 1 is 0.489 bits per heavy atom. The van der Waals surface area contributed by atoms with Gasteiger partial charge < -0.3 is 66.4 Å². The molecule has 0 spiro atoms. The summed E-state index contributed by atoms with van der Waals surface area (Å²) in [6.45, 7) is 6.38. The molecule has 4 aliphatic heterocycles. The summed E-state index contributed by atoms with van der Waals surface area (Å²) in [7, 11) is 4.90. The van der Waals surface area contributed by atoms with Gasteiger partial charge in [0.2, 0.25) is 0 Å². The summed E-state index contributed by atoms with van der Waals surface area (Å²) in [5, 5.41) is 0. The summed E-state index contributed by atoms with van der Waals surface area (Å²) in [5.74, 6) is 2.05. The molecular weight excluding hydrogens is 806 g/mol. The molecule has 8 rings (SSSR count). The number of nitrogens with zero attached hydrogens (tertiary/aromatic N) is 2. The molecule has 0 bridgehead atoms. The van der Waals surface area contributed by atoms with Gasteiger partial charge in [0, 0.05) is 47.9 Å². The van der Waals surface area contributed by atoms with Gasteiger partial charge in [0.05, 0.1) is 53.5 Å². The van der Waals surface area contributed by atoms with Crippen molar-refractivity contribution in [3.05, 3.63) is 129 Å². The fourth-order valence-corrected chi connectivity index (χ4v) is 9.05. The van der Waals surface area contributed by atoms with E-state index < -0.39 is 0 Å². The second-order valence-corrected chi connectivity index (χ2v) is 14.5. The van der Waals surface area contributed by atoms with Gasteiger partial charge in [-0.1, -0.05) is 48.5 Å². The minimum absolute atomic E-state index is 0. The molecule has 0 N–H and O–H groups in total. The lowest BCUT2D eigenvalue weighted by Crippen LogP contribution is -3.00. The van der Waals surface area contributed by atoms with Gasteiger partial charge in [-0.05, 0) is 77.9 Å². The highest BCUT2D eigenvalue weighted by Crippen LogP contribution is 2.46. The number of hydrogen-bond acceptors (Lipinski definition) is 2. The number of halogens is 2. The van der Waals surface area contributed by atoms with E-state index in [0.717, 1.165) is 65.8 Å². The Labute approximate surface area is 315 Å². The van der Waals surface area contributed by atoms with E-state index in [4.69, 9.17) is 9.47 Å². The molecule has 4 aromatic carbocycles. The number of benzene rings is 4. The summed E-state index contributed by atoms with van der Waals surface area (Å²) in [4.78, 5) is 0. The zero-order valence-electron chi connectivity index (χ0n) is 27.9. The van der Waals surface area contributed by atoms with Crippen molar-refractivity contribution in [2.45, 2.75) is 57.0 Å². The van der Waals surface area contributed by atoms with Crippen molar-refractivity contribution in [3.63, 3.8) is 0 Å². The predicted octanol–water partition coefficient (Wildman–Crippen LogP) is 1.62. The second-order valence-electron chi connectivity index (χ2n) is 14.5. The van der Waals surface area contributed by atoms with Crippen LogP contribution in [0.15, 0.2) is 84.9 Å². The third-order valence-corrected chi connectivity index (χ3v) is 11.7. The highest BCUT2D eigenvalue weighted by atomic mass is 127. The Morgan fingerprint density at radius 3 is 1.32 bits per heavy atom. The Morgan fingerprint density at radius 2 is 0.872 bits per heavy atom. The molecule has 0 fully saturated rings. The number of hydrogen-bond donors (Lipinski definition) is 0. The van der Waals surface area contributed by atoms with Crippen LogP contribution in [0.3, 0.4) is 0 Å². The minimum atomic E-state index is 0. The van der Waals surface area contributed by atoms with Gasteiger partial charge in [-0.25, -0.2) is 0 Å². The van der Waals surface area contributed by atoms with Crippen LogP contribution < -0.4 is 57.4 Å². The summed E-state index contributed by atoms with van der Waals surface area (Å²) in [6.07, 6.45) is 7.85. The SMILES string of the molecule is C[N+]12CCc3ccccc3C1c1ccc(OCCCCCOc3ccc4c(c3)CC[N+]3(C)CCc5ccccc5C43)cc1CC2.[I-].[I-]. The second kappa shape index (κ2) is 14.4. The maximum atomic E-state index is 6.26. The van der Waals surface area contributed by atoms with Crippen LogP contribution in [0.25, 0.3) is 0 Å². The molecule has 6 heteroatoms. The van der Waals surface area contributed by atoms with Crippen LogP contribution in [0.5, 0.6) is 11.5 Å². The van der Waals surface area contributed by atoms with Crippen molar-refractivity contribution in [2.24, 2.45) is 0 Å². The molecule has 0 saturated carbocycles. The molecule has 0 aliphatic carbocycles. The third kappa shape index (κ3) is 6.61. The maximum Gasteiger partial charge on any atom is 0.141 e. The van der Waals surface area contributed by atoms with E-state index in [1.807, 2.05) is 0 Å². The van der Waals surface area contributed by atoms with Crippen LogP contribution in [0, 0.1) is 0 Å². The third-order valence-electron chi connectivity index (χ3n) is 11.7. The topological polar surface area (TPSA) is 18.5 Å². The molecule has 0 aromatic heterocycles. The van der Waals surface area contributed by atoms with Crippen LogP contribution in [-0.4, -0.2) is 62.5 Å². The minimum Gasteiger partial charge on any atom is -1.00 e. The van der Waals surface area contributed by atoms with Gasteiger partial charge in [0.15, 0.2) is 0 Å². The maximum absolute atomic E-state index is 6.26. The van der Waals surface area contributed by atoms with E-state index in [9.17, 15) is 0 Å². The van der Waals surface area contributed by atoms with Crippen molar-refractivity contribution >= 4 is 0 Å². The van der Waals surface area contributed by atoms with Crippen LogP contribution in [0.4, 0.5) is 0 Å². The molecule has 4 heterocycles. The fourth-order valence-electron chi connectivity index (χ4n) is 9.05. The number of unbranched alkanes of at least 4 members (excludes halogenated alkanes) is 2. The van der Waals surface area contributed by atoms with Crippen LogP contribution >= 0.6 is 0 Å². The lowest BCUT2D eigenvalue weighted by molar-refractivity contribution is -0.937. The van der Waals surface area contributed by atoms with Gasteiger partial charge in [0.25, 0.3) is 0 Å². The Kier molecular flexibility index (Phi) is 10.6. The van der Waals surface area contributed by atoms with Crippen LogP contribution in [-0.2, 0) is 25.7 Å². The van der Waals surface area contributed by atoms with E-state index in [-0.39, 0.29) is 48.0 Å². The molecule has 0 radical (unpaired) electrons. The zero-order chi connectivity index (χ0) is 30.4. The summed E-state index contributed by atoms with van der Waals surface area (Å²) in [6, 6.07) is 32.8. The number of rotatable bonds is 8. The molecule has 4 aromatic rings. The van der Waals surface area contributed by atoms with Gasteiger partial charge in [-0.3, -0.25) is 0 Å². The Balaban J connectivity index is 0.00000193. The van der Waals surface area contributed by atoms with Crippen LogP contribution in [0.1, 0.15) is 75.9 Å². The first-order valence-corrected chi connectivity index (χ1v) is 17.4. The van der Waals surface area contributed by atoms with Gasteiger partial charge in [-0.2, -0.15) is 0 Å². The largest absolute Gasteiger partial charge is 1.00 e. The van der Waals surface area contributed by atoms with Gasteiger partial charge in [-0.15, -0.1) is 0 Å². The molecular formula is C41H48I2N2O2. The van der Waals surface area contributed by atoms with Crippen LogP contribution in [0.2, 0.25) is 0 Å².